The van der Waals surface area contributed by atoms with Crippen LogP contribution in [-0.4, -0.2) is 68.9 Å². The van der Waals surface area contributed by atoms with Gasteiger partial charge >= 0.3 is 18.0 Å². The van der Waals surface area contributed by atoms with Gasteiger partial charge in [-0.2, -0.15) is 0 Å². The lowest BCUT2D eigenvalue weighted by molar-refractivity contribution is -0.161. The predicted molar refractivity (Wildman–Crippen MR) is 222 cm³/mol. The van der Waals surface area contributed by atoms with E-state index in [0.29, 0.717) is 25.9 Å². The highest BCUT2D eigenvalue weighted by Crippen LogP contribution is 2.13. The number of rotatable bonds is 39. The average Bonchev–Trinajstić information content (AvgIpc) is 3.15. The van der Waals surface area contributed by atoms with Crippen LogP contribution in [0.25, 0.3) is 0 Å². The van der Waals surface area contributed by atoms with Gasteiger partial charge in [-0.05, 0) is 77.8 Å². The Labute approximate surface area is 327 Å². The Morgan fingerprint density at radius 2 is 0.925 bits per heavy atom. The monoisotopic (exact) mass is 749 g/mol. The minimum atomic E-state index is -0.826. The number of nitrogens with one attached hydrogen (secondary N) is 1. The minimum Gasteiger partial charge on any atom is -0.462 e. The normalized spacial score (nSPS) is 12.2. The van der Waals surface area contributed by atoms with Gasteiger partial charge in [0.2, 0.25) is 0 Å². The molecule has 0 rings (SSSR count). The number of allylic oxidation sites excluding steroid dienone is 4. The van der Waals surface area contributed by atoms with E-state index in [9.17, 15) is 14.4 Å². The molecule has 0 aliphatic carbocycles. The van der Waals surface area contributed by atoms with Gasteiger partial charge in [0.25, 0.3) is 0 Å². The van der Waals surface area contributed by atoms with Crippen LogP contribution in [0, 0.1) is 0 Å². The number of hydrogen-bond acceptors (Lipinski definition) is 7. The molecule has 0 aromatic carbocycles. The number of hydrogen-bond donors (Lipinski definition) is 1. The van der Waals surface area contributed by atoms with Crippen molar-refractivity contribution in [3.63, 3.8) is 0 Å². The summed E-state index contributed by atoms with van der Waals surface area (Å²) < 4.78 is 16.4. The van der Waals surface area contributed by atoms with Gasteiger partial charge in [0.1, 0.15) is 13.2 Å². The first-order valence-corrected chi connectivity index (χ1v) is 22.2. The smallest absolute Gasteiger partial charge is 0.407 e. The van der Waals surface area contributed by atoms with E-state index in [1.807, 2.05) is 14.0 Å². The van der Waals surface area contributed by atoms with Crippen LogP contribution in [0.2, 0.25) is 0 Å². The summed E-state index contributed by atoms with van der Waals surface area (Å²) in [6.07, 6.45) is 39.6. The fraction of sp³-hybridized carbons (Fsp3) is 0.844. The minimum absolute atomic E-state index is 0.117. The van der Waals surface area contributed by atoms with E-state index in [-0.39, 0.29) is 25.2 Å². The molecule has 310 valence electrons. The fourth-order valence-electron chi connectivity index (χ4n) is 6.03. The molecule has 0 saturated heterocycles. The maximum Gasteiger partial charge on any atom is 0.407 e. The zero-order chi connectivity index (χ0) is 38.9. The van der Waals surface area contributed by atoms with Gasteiger partial charge in [0.15, 0.2) is 6.10 Å². The Morgan fingerprint density at radius 3 is 1.38 bits per heavy atom. The van der Waals surface area contributed by atoms with Gasteiger partial charge in [0, 0.05) is 25.9 Å². The number of amides is 1. The van der Waals surface area contributed by atoms with Gasteiger partial charge in [-0.3, -0.25) is 9.59 Å². The number of alkyl carbamates (subject to hydrolysis) is 1. The molecule has 0 aromatic rings. The zero-order valence-corrected chi connectivity index (χ0v) is 35.1. The molecule has 0 aliphatic heterocycles. The SMILES string of the molecule is CCCCCCCCC=CCCCCCCCC(=O)OCC(COC(=O)NCCN(C)CC)OC(=O)CCCCCCCC=CCCCCCCCC. The number of ether oxygens (including phenoxy) is 3. The second kappa shape index (κ2) is 40.8. The number of esters is 2. The molecule has 8 heteroatoms. The molecule has 0 aliphatic rings. The van der Waals surface area contributed by atoms with Crippen molar-refractivity contribution in [3.8, 4) is 0 Å². The summed E-state index contributed by atoms with van der Waals surface area (Å²) in [6, 6.07) is 0. The van der Waals surface area contributed by atoms with Crippen LogP contribution >= 0.6 is 0 Å². The highest BCUT2D eigenvalue weighted by molar-refractivity contribution is 5.70. The molecule has 8 nitrogen and oxygen atoms in total. The van der Waals surface area contributed by atoms with E-state index in [1.165, 1.54) is 109 Å². The van der Waals surface area contributed by atoms with Crippen LogP contribution in [0.5, 0.6) is 0 Å². The van der Waals surface area contributed by atoms with Gasteiger partial charge in [-0.15, -0.1) is 0 Å². The topological polar surface area (TPSA) is 94.2 Å². The third kappa shape index (κ3) is 39.2. The van der Waals surface area contributed by atoms with Crippen LogP contribution in [0.15, 0.2) is 24.3 Å². The Bertz CT molecular complexity index is 892. The van der Waals surface area contributed by atoms with Gasteiger partial charge in [-0.25, -0.2) is 4.79 Å². The van der Waals surface area contributed by atoms with E-state index in [4.69, 9.17) is 14.2 Å². The molecule has 53 heavy (non-hydrogen) atoms. The molecule has 0 bridgehead atoms. The second-order valence-corrected chi connectivity index (χ2v) is 14.9. The summed E-state index contributed by atoms with van der Waals surface area (Å²) in [5, 5.41) is 2.72. The van der Waals surface area contributed by atoms with Crippen molar-refractivity contribution in [2.75, 3.05) is 39.9 Å². The van der Waals surface area contributed by atoms with Crippen LogP contribution in [0.4, 0.5) is 4.79 Å². The molecule has 0 saturated carbocycles. The highest BCUT2D eigenvalue weighted by atomic mass is 16.6. The van der Waals surface area contributed by atoms with Gasteiger partial charge < -0.3 is 24.4 Å². The molecule has 1 amide bonds. The van der Waals surface area contributed by atoms with Crippen molar-refractivity contribution in [1.29, 1.82) is 0 Å². The van der Waals surface area contributed by atoms with E-state index in [2.05, 4.69) is 48.4 Å². The third-order valence-corrected chi connectivity index (χ3v) is 9.72. The van der Waals surface area contributed by atoms with Crippen molar-refractivity contribution in [2.45, 2.75) is 207 Å². The lowest BCUT2D eigenvalue weighted by atomic mass is 10.1. The summed E-state index contributed by atoms with van der Waals surface area (Å²) >= 11 is 0. The van der Waals surface area contributed by atoms with E-state index >= 15 is 0 Å². The third-order valence-electron chi connectivity index (χ3n) is 9.72. The molecule has 0 heterocycles. The van der Waals surface area contributed by atoms with Crippen molar-refractivity contribution in [1.82, 2.24) is 10.2 Å². The van der Waals surface area contributed by atoms with Gasteiger partial charge in [-0.1, -0.05) is 148 Å². The quantitative estimate of drug-likeness (QED) is 0.0289. The summed E-state index contributed by atoms with van der Waals surface area (Å²) in [5.41, 5.74) is 0. The Kier molecular flexibility index (Phi) is 39.0. The first kappa shape index (κ1) is 50.6. The van der Waals surface area contributed by atoms with Crippen molar-refractivity contribution >= 4 is 18.0 Å². The predicted octanol–water partition coefficient (Wildman–Crippen LogP) is 12.2. The number of carbonyl (C=O) groups is 3. The first-order valence-electron chi connectivity index (χ1n) is 22.2. The molecule has 1 N–H and O–H groups in total. The van der Waals surface area contributed by atoms with Crippen molar-refractivity contribution in [2.24, 2.45) is 0 Å². The lowest BCUT2D eigenvalue weighted by Crippen LogP contribution is -2.36. The molecule has 0 fully saturated rings. The summed E-state index contributed by atoms with van der Waals surface area (Å²) in [4.78, 5) is 39.4. The van der Waals surface area contributed by atoms with Gasteiger partial charge in [0.05, 0.1) is 0 Å². The zero-order valence-electron chi connectivity index (χ0n) is 35.1. The van der Waals surface area contributed by atoms with Crippen molar-refractivity contribution < 1.29 is 28.6 Å². The van der Waals surface area contributed by atoms with Crippen LogP contribution in [-0.2, 0) is 23.8 Å². The van der Waals surface area contributed by atoms with Crippen LogP contribution in [0.1, 0.15) is 201 Å². The maximum atomic E-state index is 12.6. The molecule has 1 atom stereocenters. The number of nitrogens with zero attached hydrogens (tertiary/aromatic N) is 1. The largest absolute Gasteiger partial charge is 0.462 e. The molecular formula is C45H84N2O6. The number of likely N-dealkylation sites (N-methyl/N-ethyl adjacent to an activating group) is 1. The first-order chi connectivity index (χ1) is 25.9. The summed E-state index contributed by atoms with van der Waals surface area (Å²) in [7, 11) is 1.98. The molecule has 0 radical (unpaired) electrons. The Morgan fingerprint density at radius 1 is 0.528 bits per heavy atom. The Balaban J connectivity index is 4.26. The molecular weight excluding hydrogens is 665 g/mol. The molecule has 1 unspecified atom stereocenters. The van der Waals surface area contributed by atoms with Crippen molar-refractivity contribution in [3.05, 3.63) is 24.3 Å². The lowest BCUT2D eigenvalue weighted by Gasteiger charge is -2.19. The van der Waals surface area contributed by atoms with E-state index in [0.717, 1.165) is 64.3 Å². The average molecular weight is 749 g/mol. The summed E-state index contributed by atoms with van der Waals surface area (Å²) in [5.74, 6) is -0.664. The highest BCUT2D eigenvalue weighted by Gasteiger charge is 2.19. The Hall–Kier alpha value is -2.35. The standard InChI is InChI=1S/C45H84N2O6/c1-5-8-10-12-14-16-18-20-22-24-26-28-30-32-34-36-43(48)51-40-42(41-52-45(50)46-38-39-47(4)7-3)53-44(49)37-35-33-31-29-27-25-23-21-19-17-15-13-11-9-6-2/h20-23,42H,5-19,24-41H2,1-4H3,(H,46,50). The van der Waals surface area contributed by atoms with E-state index < -0.39 is 12.2 Å². The fourth-order valence-corrected chi connectivity index (χ4v) is 6.03. The number of carbonyl (C=O) groups excluding carboxylic acids is 3. The molecule has 0 aromatic heterocycles. The molecule has 0 spiro atoms. The van der Waals surface area contributed by atoms with E-state index in [1.54, 1.807) is 0 Å². The van der Waals surface area contributed by atoms with Crippen LogP contribution in [0.3, 0.4) is 0 Å². The summed E-state index contributed by atoms with van der Waals surface area (Å²) in [6.45, 7) is 8.32. The second-order valence-electron chi connectivity index (χ2n) is 14.9. The number of unbranched alkanes of at least 4 members (excludes halogenated alkanes) is 22. The van der Waals surface area contributed by atoms with Crippen LogP contribution < -0.4 is 5.32 Å². The maximum absolute atomic E-state index is 12.6.